The first-order valence-corrected chi connectivity index (χ1v) is 6.64. The van der Waals surface area contributed by atoms with Crippen molar-refractivity contribution in [1.82, 2.24) is 4.98 Å². The van der Waals surface area contributed by atoms with Crippen molar-refractivity contribution < 1.29 is 9.59 Å². The predicted octanol–water partition coefficient (Wildman–Crippen LogP) is 3.30. The molecule has 4 heteroatoms. The Morgan fingerprint density at radius 3 is 2.52 bits per heavy atom. The number of aromatic amines is 1. The fraction of sp³-hybridized carbons (Fsp3) is 0.0588. The highest BCUT2D eigenvalue weighted by atomic mass is 16.2. The van der Waals surface area contributed by atoms with Crippen LogP contribution < -0.4 is 5.32 Å². The fourth-order valence-electron chi connectivity index (χ4n) is 2.27. The van der Waals surface area contributed by atoms with Gasteiger partial charge in [0.15, 0.2) is 0 Å². The van der Waals surface area contributed by atoms with E-state index in [0.717, 1.165) is 16.5 Å². The van der Waals surface area contributed by atoms with Crippen LogP contribution in [-0.2, 0) is 4.79 Å². The molecule has 0 spiro atoms. The molecule has 2 N–H and O–H groups in total. The van der Waals surface area contributed by atoms with Gasteiger partial charge < -0.3 is 10.3 Å². The van der Waals surface area contributed by atoms with Crippen molar-refractivity contribution in [3.8, 4) is 0 Å². The lowest BCUT2D eigenvalue weighted by Gasteiger charge is -2.06. The topological polar surface area (TPSA) is 62.0 Å². The summed E-state index contributed by atoms with van der Waals surface area (Å²) in [7, 11) is 0. The molecule has 0 fully saturated rings. The van der Waals surface area contributed by atoms with Gasteiger partial charge in [-0.2, -0.15) is 0 Å². The van der Waals surface area contributed by atoms with Crippen LogP contribution in [0.4, 0.5) is 5.69 Å². The monoisotopic (exact) mass is 278 g/mol. The van der Waals surface area contributed by atoms with Gasteiger partial charge in [0.05, 0.1) is 5.56 Å². The minimum Gasteiger partial charge on any atom is -0.360 e. The summed E-state index contributed by atoms with van der Waals surface area (Å²) in [5.74, 6) is -1.18. The molecule has 2 aromatic carbocycles. The van der Waals surface area contributed by atoms with E-state index in [1.54, 1.807) is 12.3 Å². The van der Waals surface area contributed by atoms with Gasteiger partial charge in [-0.3, -0.25) is 9.59 Å². The number of para-hydroxylation sites is 2. The normalized spacial score (nSPS) is 10.5. The molecule has 0 aliphatic heterocycles. The third kappa shape index (κ3) is 2.43. The SMILES string of the molecule is Cc1ccccc1NC(=O)C(=O)c1c[nH]c2ccccc12. The Balaban J connectivity index is 1.88. The Morgan fingerprint density at radius 1 is 1.00 bits per heavy atom. The Hall–Kier alpha value is -2.88. The molecule has 4 nitrogen and oxygen atoms in total. The zero-order valence-electron chi connectivity index (χ0n) is 11.5. The van der Waals surface area contributed by atoms with Gasteiger partial charge in [-0.1, -0.05) is 36.4 Å². The number of hydrogen-bond acceptors (Lipinski definition) is 2. The summed E-state index contributed by atoms with van der Waals surface area (Å²) < 4.78 is 0. The fourth-order valence-corrected chi connectivity index (χ4v) is 2.27. The minimum atomic E-state index is -0.631. The Morgan fingerprint density at radius 2 is 1.71 bits per heavy atom. The number of carbonyl (C=O) groups excluding carboxylic acids is 2. The third-order valence-corrected chi connectivity index (χ3v) is 3.43. The number of ketones is 1. The number of Topliss-reactive ketones (excluding diaryl/α,β-unsaturated/α-hetero) is 1. The van der Waals surface area contributed by atoms with Crippen LogP contribution in [-0.4, -0.2) is 16.7 Å². The molecule has 0 bridgehead atoms. The van der Waals surface area contributed by atoms with Crippen LogP contribution in [0.25, 0.3) is 10.9 Å². The van der Waals surface area contributed by atoms with E-state index in [9.17, 15) is 9.59 Å². The maximum absolute atomic E-state index is 12.3. The molecular weight excluding hydrogens is 264 g/mol. The number of benzene rings is 2. The van der Waals surface area contributed by atoms with E-state index in [2.05, 4.69) is 10.3 Å². The van der Waals surface area contributed by atoms with E-state index in [4.69, 9.17) is 0 Å². The van der Waals surface area contributed by atoms with Gasteiger partial charge in [0, 0.05) is 22.8 Å². The molecule has 3 aromatic rings. The van der Waals surface area contributed by atoms with Crippen molar-refractivity contribution >= 4 is 28.3 Å². The van der Waals surface area contributed by atoms with Crippen LogP contribution in [0, 0.1) is 6.92 Å². The first kappa shape index (κ1) is 13.1. The van der Waals surface area contributed by atoms with Crippen LogP contribution in [0.15, 0.2) is 54.7 Å². The summed E-state index contributed by atoms with van der Waals surface area (Å²) in [6.45, 7) is 1.88. The summed E-state index contributed by atoms with van der Waals surface area (Å²) in [5.41, 5.74) is 2.79. The first-order valence-electron chi connectivity index (χ1n) is 6.64. The van der Waals surface area contributed by atoms with E-state index >= 15 is 0 Å². The van der Waals surface area contributed by atoms with Crippen LogP contribution in [0.1, 0.15) is 15.9 Å². The number of aromatic nitrogens is 1. The first-order chi connectivity index (χ1) is 10.2. The van der Waals surface area contributed by atoms with Gasteiger partial charge in [-0.25, -0.2) is 0 Å². The number of rotatable bonds is 3. The molecule has 0 radical (unpaired) electrons. The molecule has 1 amide bonds. The van der Waals surface area contributed by atoms with Crippen molar-refractivity contribution in [2.45, 2.75) is 6.92 Å². The quantitative estimate of drug-likeness (QED) is 0.570. The van der Waals surface area contributed by atoms with Crippen molar-refractivity contribution in [3.63, 3.8) is 0 Å². The molecule has 0 unspecified atom stereocenters. The lowest BCUT2D eigenvalue weighted by atomic mass is 10.1. The molecule has 0 saturated heterocycles. The number of carbonyl (C=O) groups is 2. The van der Waals surface area contributed by atoms with E-state index in [0.29, 0.717) is 11.3 Å². The molecule has 21 heavy (non-hydrogen) atoms. The Labute approximate surface area is 121 Å². The smallest absolute Gasteiger partial charge is 0.296 e. The molecule has 3 rings (SSSR count). The maximum Gasteiger partial charge on any atom is 0.296 e. The van der Waals surface area contributed by atoms with Gasteiger partial charge in [0.1, 0.15) is 0 Å². The van der Waals surface area contributed by atoms with E-state index in [1.807, 2.05) is 49.4 Å². The molecule has 0 aliphatic rings. The van der Waals surface area contributed by atoms with Crippen molar-refractivity contribution in [1.29, 1.82) is 0 Å². The number of fused-ring (bicyclic) bond motifs is 1. The second-order valence-electron chi connectivity index (χ2n) is 4.85. The predicted molar refractivity (Wildman–Crippen MR) is 82.4 cm³/mol. The van der Waals surface area contributed by atoms with E-state index in [-0.39, 0.29) is 0 Å². The van der Waals surface area contributed by atoms with Gasteiger partial charge in [0.25, 0.3) is 11.7 Å². The molecule has 0 aliphatic carbocycles. The van der Waals surface area contributed by atoms with Crippen molar-refractivity contribution in [3.05, 3.63) is 65.9 Å². The number of nitrogens with one attached hydrogen (secondary N) is 2. The van der Waals surface area contributed by atoms with Gasteiger partial charge in [-0.15, -0.1) is 0 Å². The summed E-state index contributed by atoms with van der Waals surface area (Å²) in [6.07, 6.45) is 1.57. The van der Waals surface area contributed by atoms with E-state index < -0.39 is 11.7 Å². The highest BCUT2D eigenvalue weighted by Gasteiger charge is 2.20. The molecular formula is C17H14N2O2. The second kappa shape index (κ2) is 5.25. The summed E-state index contributed by atoms with van der Waals surface area (Å²) in [4.78, 5) is 27.4. The number of amides is 1. The molecule has 104 valence electrons. The molecule has 1 aromatic heterocycles. The summed E-state index contributed by atoms with van der Waals surface area (Å²) >= 11 is 0. The zero-order valence-corrected chi connectivity index (χ0v) is 11.5. The minimum absolute atomic E-state index is 0.386. The van der Waals surface area contributed by atoms with Gasteiger partial charge >= 0.3 is 0 Å². The van der Waals surface area contributed by atoms with Crippen molar-refractivity contribution in [2.24, 2.45) is 0 Å². The highest BCUT2D eigenvalue weighted by Crippen LogP contribution is 2.19. The Bertz CT molecular complexity index is 833. The summed E-state index contributed by atoms with van der Waals surface area (Å²) in [5, 5.41) is 3.41. The molecule has 0 saturated carbocycles. The van der Waals surface area contributed by atoms with Gasteiger partial charge in [0.2, 0.25) is 0 Å². The Kier molecular flexibility index (Phi) is 3.28. The lowest BCUT2D eigenvalue weighted by Crippen LogP contribution is -2.23. The molecule has 1 heterocycles. The highest BCUT2D eigenvalue weighted by molar-refractivity contribution is 6.48. The largest absolute Gasteiger partial charge is 0.360 e. The second-order valence-corrected chi connectivity index (χ2v) is 4.85. The van der Waals surface area contributed by atoms with Crippen molar-refractivity contribution in [2.75, 3.05) is 5.32 Å². The lowest BCUT2D eigenvalue weighted by molar-refractivity contribution is -0.112. The van der Waals surface area contributed by atoms with E-state index in [1.165, 1.54) is 0 Å². The van der Waals surface area contributed by atoms with Crippen LogP contribution in [0.3, 0.4) is 0 Å². The molecule has 0 atom stereocenters. The number of H-pyrrole nitrogens is 1. The standard InChI is InChI=1S/C17H14N2O2/c1-11-6-2-4-8-14(11)19-17(21)16(20)13-10-18-15-9-5-3-7-12(13)15/h2-10,18H,1H3,(H,19,21). The number of aryl methyl sites for hydroxylation is 1. The summed E-state index contributed by atoms with van der Waals surface area (Å²) in [6, 6.07) is 14.8. The average molecular weight is 278 g/mol. The zero-order chi connectivity index (χ0) is 14.8. The average Bonchev–Trinajstić information content (AvgIpc) is 2.92. The maximum atomic E-state index is 12.3. The van der Waals surface area contributed by atoms with Crippen LogP contribution in [0.2, 0.25) is 0 Å². The van der Waals surface area contributed by atoms with Crippen LogP contribution >= 0.6 is 0 Å². The van der Waals surface area contributed by atoms with Gasteiger partial charge in [-0.05, 0) is 24.6 Å². The number of hydrogen-bond donors (Lipinski definition) is 2. The van der Waals surface area contributed by atoms with Crippen LogP contribution in [0.5, 0.6) is 0 Å². The number of anilines is 1. The third-order valence-electron chi connectivity index (χ3n) is 3.43.